The second kappa shape index (κ2) is 3.55. The van der Waals surface area contributed by atoms with E-state index in [1.807, 2.05) is 0 Å². The molecule has 3 N–H and O–H groups in total. The summed E-state index contributed by atoms with van der Waals surface area (Å²) >= 11 is 0. The van der Waals surface area contributed by atoms with Crippen LogP contribution in [0.5, 0.6) is 0 Å². The molecule has 10 heavy (non-hydrogen) atoms. The van der Waals surface area contributed by atoms with Gasteiger partial charge in [0, 0.05) is 6.72 Å². The molecule has 0 bridgehead atoms. The fourth-order valence-electron chi connectivity index (χ4n) is 0.388. The zero-order valence-corrected chi connectivity index (χ0v) is 5.76. The summed E-state index contributed by atoms with van der Waals surface area (Å²) in [6.07, 6.45) is 0. The fourth-order valence-corrected chi connectivity index (χ4v) is 0.388. The molecule has 0 rings (SSSR count). The van der Waals surface area contributed by atoms with Crippen LogP contribution in [0.25, 0.3) is 0 Å². The van der Waals surface area contributed by atoms with Crippen molar-refractivity contribution in [1.29, 1.82) is 0 Å². The quantitative estimate of drug-likeness (QED) is 0.239. The summed E-state index contributed by atoms with van der Waals surface area (Å²) in [5, 5.41) is 20.8. The molecule has 0 heterocycles. The topological polar surface area (TPSA) is 64.9 Å². The minimum Gasteiger partial charge on any atom is -0.505 e. The SMILES string of the molecule is C=NN/C(C)=C(\O)C(=C)O. The number of hydrogen-bond acceptors (Lipinski definition) is 4. The van der Waals surface area contributed by atoms with Gasteiger partial charge < -0.3 is 10.2 Å². The molecule has 0 spiro atoms. The number of allylic oxidation sites excluding steroid dienone is 1. The number of nitrogens with one attached hydrogen (secondary N) is 1. The van der Waals surface area contributed by atoms with Crippen molar-refractivity contribution in [1.82, 2.24) is 5.43 Å². The van der Waals surface area contributed by atoms with Gasteiger partial charge in [0.2, 0.25) is 0 Å². The van der Waals surface area contributed by atoms with Crippen LogP contribution in [-0.4, -0.2) is 16.9 Å². The van der Waals surface area contributed by atoms with Crippen LogP contribution in [0.4, 0.5) is 0 Å². The van der Waals surface area contributed by atoms with Gasteiger partial charge in [-0.1, -0.05) is 6.58 Å². The standard InChI is InChI=1S/C6H10N2O2/c1-4(8-7-3)6(10)5(2)9/h8-10H,2-3H2,1H3/b6-4-. The van der Waals surface area contributed by atoms with Gasteiger partial charge in [0.1, 0.15) is 0 Å². The summed E-state index contributed by atoms with van der Waals surface area (Å²) in [5.41, 5.74) is 2.66. The molecule has 0 aromatic heterocycles. The number of hydrogen-bond donors (Lipinski definition) is 3. The molecule has 0 atom stereocenters. The van der Waals surface area contributed by atoms with Crippen molar-refractivity contribution in [3.8, 4) is 0 Å². The molecule has 0 saturated carbocycles. The van der Waals surface area contributed by atoms with Crippen LogP contribution in [-0.2, 0) is 0 Å². The van der Waals surface area contributed by atoms with Gasteiger partial charge in [0.15, 0.2) is 11.5 Å². The van der Waals surface area contributed by atoms with Crippen LogP contribution >= 0.6 is 0 Å². The monoisotopic (exact) mass is 142 g/mol. The van der Waals surface area contributed by atoms with Crippen LogP contribution < -0.4 is 5.43 Å². The normalized spacial score (nSPS) is 11.7. The van der Waals surface area contributed by atoms with Crippen molar-refractivity contribution in [2.24, 2.45) is 5.10 Å². The Bertz CT molecular complexity index is 184. The van der Waals surface area contributed by atoms with Crippen molar-refractivity contribution in [3.05, 3.63) is 23.8 Å². The van der Waals surface area contributed by atoms with E-state index >= 15 is 0 Å². The van der Waals surface area contributed by atoms with Gasteiger partial charge in [-0.3, -0.25) is 5.43 Å². The Kier molecular flexibility index (Phi) is 3.04. The minimum absolute atomic E-state index is 0.308. The lowest BCUT2D eigenvalue weighted by Crippen LogP contribution is -2.05. The first kappa shape index (κ1) is 8.55. The van der Waals surface area contributed by atoms with E-state index in [1.54, 1.807) is 0 Å². The Morgan fingerprint density at radius 3 is 2.30 bits per heavy atom. The first-order valence-corrected chi connectivity index (χ1v) is 2.59. The molecule has 0 amide bonds. The molecule has 56 valence electrons. The van der Waals surface area contributed by atoms with Gasteiger partial charge in [-0.15, -0.1) is 0 Å². The molecular formula is C6H10N2O2. The lowest BCUT2D eigenvalue weighted by molar-refractivity contribution is 0.321. The summed E-state index contributed by atoms with van der Waals surface area (Å²) in [6.45, 7) is 7.76. The number of aliphatic hydroxyl groups is 2. The highest BCUT2D eigenvalue weighted by atomic mass is 16.3. The lowest BCUT2D eigenvalue weighted by atomic mass is 10.3. The van der Waals surface area contributed by atoms with E-state index in [1.165, 1.54) is 6.92 Å². The van der Waals surface area contributed by atoms with Crippen LogP contribution in [0, 0.1) is 0 Å². The van der Waals surface area contributed by atoms with Crippen molar-refractivity contribution < 1.29 is 10.2 Å². The predicted molar refractivity (Wildman–Crippen MR) is 39.8 cm³/mol. The van der Waals surface area contributed by atoms with Gasteiger partial charge >= 0.3 is 0 Å². The average Bonchev–Trinajstić information content (AvgIpc) is 1.87. The molecule has 0 fully saturated rings. The molecule has 0 radical (unpaired) electrons. The maximum Gasteiger partial charge on any atom is 0.177 e. The molecule has 0 aliphatic heterocycles. The Morgan fingerprint density at radius 2 is 2.00 bits per heavy atom. The Balaban J connectivity index is 4.33. The van der Waals surface area contributed by atoms with Gasteiger partial charge in [0.05, 0.1) is 5.70 Å². The van der Waals surface area contributed by atoms with Crippen LogP contribution in [0.3, 0.4) is 0 Å². The van der Waals surface area contributed by atoms with E-state index in [2.05, 4.69) is 23.8 Å². The number of aliphatic hydroxyl groups excluding tert-OH is 2. The molecule has 0 aliphatic rings. The molecular weight excluding hydrogens is 132 g/mol. The smallest absolute Gasteiger partial charge is 0.177 e. The summed E-state index contributed by atoms with van der Waals surface area (Å²) in [7, 11) is 0. The molecule has 0 saturated heterocycles. The highest BCUT2D eigenvalue weighted by molar-refractivity contribution is 5.25. The Hall–Kier alpha value is -1.45. The van der Waals surface area contributed by atoms with Crippen LogP contribution in [0.1, 0.15) is 6.92 Å². The second-order valence-corrected chi connectivity index (χ2v) is 1.69. The Labute approximate surface area is 59.2 Å². The van der Waals surface area contributed by atoms with Gasteiger partial charge in [0.25, 0.3) is 0 Å². The number of nitrogens with zero attached hydrogens (tertiary/aromatic N) is 1. The van der Waals surface area contributed by atoms with Gasteiger partial charge in [-0.25, -0.2) is 0 Å². The molecule has 4 heteroatoms. The van der Waals surface area contributed by atoms with Crippen LogP contribution in [0.2, 0.25) is 0 Å². The molecule has 0 aliphatic carbocycles. The lowest BCUT2D eigenvalue weighted by Gasteiger charge is -2.01. The van der Waals surface area contributed by atoms with Crippen molar-refractivity contribution >= 4 is 6.72 Å². The highest BCUT2D eigenvalue weighted by Crippen LogP contribution is 2.03. The maximum atomic E-state index is 8.91. The summed E-state index contributed by atoms with van der Waals surface area (Å²) in [6, 6.07) is 0. The fraction of sp³-hybridized carbons (Fsp3) is 0.167. The zero-order chi connectivity index (χ0) is 8.15. The summed E-state index contributed by atoms with van der Waals surface area (Å²) in [4.78, 5) is 0. The third-order valence-electron chi connectivity index (χ3n) is 0.875. The third kappa shape index (κ3) is 2.21. The number of hydrazone groups is 1. The highest BCUT2D eigenvalue weighted by Gasteiger charge is 2.00. The van der Waals surface area contributed by atoms with E-state index in [9.17, 15) is 0 Å². The van der Waals surface area contributed by atoms with Crippen molar-refractivity contribution in [3.63, 3.8) is 0 Å². The van der Waals surface area contributed by atoms with E-state index in [0.717, 1.165) is 0 Å². The molecule has 0 unspecified atom stereocenters. The van der Waals surface area contributed by atoms with Gasteiger partial charge in [-0.05, 0) is 6.92 Å². The summed E-state index contributed by atoms with van der Waals surface area (Å²) < 4.78 is 0. The van der Waals surface area contributed by atoms with Gasteiger partial charge in [-0.2, -0.15) is 5.10 Å². The van der Waals surface area contributed by atoms with E-state index < -0.39 is 5.76 Å². The first-order chi connectivity index (χ1) is 4.59. The first-order valence-electron chi connectivity index (χ1n) is 2.59. The third-order valence-corrected chi connectivity index (χ3v) is 0.875. The minimum atomic E-state index is -0.395. The maximum absolute atomic E-state index is 8.91. The van der Waals surface area contributed by atoms with Crippen LogP contribution in [0.15, 0.2) is 28.9 Å². The second-order valence-electron chi connectivity index (χ2n) is 1.69. The molecule has 0 aromatic rings. The largest absolute Gasteiger partial charge is 0.505 e. The predicted octanol–water partition coefficient (Wildman–Crippen LogP) is 1.05. The molecule has 4 nitrogen and oxygen atoms in total. The average molecular weight is 142 g/mol. The summed E-state index contributed by atoms with van der Waals surface area (Å²) in [5.74, 6) is -0.707. The van der Waals surface area contributed by atoms with E-state index in [-0.39, 0.29) is 5.76 Å². The van der Waals surface area contributed by atoms with Crippen molar-refractivity contribution in [2.45, 2.75) is 6.92 Å². The molecule has 0 aromatic carbocycles. The zero-order valence-electron chi connectivity index (χ0n) is 5.76. The van der Waals surface area contributed by atoms with Crippen molar-refractivity contribution in [2.75, 3.05) is 0 Å². The number of rotatable bonds is 3. The Morgan fingerprint density at radius 1 is 1.50 bits per heavy atom. The van der Waals surface area contributed by atoms with E-state index in [0.29, 0.717) is 5.70 Å². The van der Waals surface area contributed by atoms with E-state index in [4.69, 9.17) is 10.2 Å².